The molecule has 6 heteroatoms. The van der Waals surface area contributed by atoms with Gasteiger partial charge in [0, 0.05) is 12.0 Å². The topological polar surface area (TPSA) is 78.6 Å². The number of carbonyl (C=O) groups is 2. The average Bonchev–Trinajstić information content (AvgIpc) is 2.38. The second-order valence-corrected chi connectivity index (χ2v) is 3.84. The Morgan fingerprint density at radius 3 is 2.63 bits per heavy atom. The number of hydrogen-bond donors (Lipinski definition) is 1. The number of rotatable bonds is 6. The lowest BCUT2D eigenvalue weighted by Crippen LogP contribution is -2.34. The fraction of sp³-hybridized carbons (Fsp3) is 0.385. The zero-order valence-corrected chi connectivity index (χ0v) is 10.8. The number of carbonyl (C=O) groups excluding carboxylic acids is 2. The maximum atomic E-state index is 13.4. The van der Waals surface area contributed by atoms with Crippen LogP contribution in [0.1, 0.15) is 23.7 Å². The van der Waals surface area contributed by atoms with E-state index in [9.17, 15) is 14.0 Å². The summed E-state index contributed by atoms with van der Waals surface area (Å²) >= 11 is 0. The molecule has 5 nitrogen and oxygen atoms in total. The standard InChI is InChI=1S/C13H16FNO4/c1-3-19-13(17)10(15)7-11(16)8-4-5-12(18-2)9(14)6-8/h4-6,10H,3,7,15H2,1-2H3. The number of ether oxygens (including phenoxy) is 2. The first kappa shape index (κ1) is 15.1. The van der Waals surface area contributed by atoms with E-state index in [2.05, 4.69) is 0 Å². The van der Waals surface area contributed by atoms with Crippen LogP contribution in [0.15, 0.2) is 18.2 Å². The summed E-state index contributed by atoms with van der Waals surface area (Å²) in [6.45, 7) is 1.84. The van der Waals surface area contributed by atoms with Gasteiger partial charge in [-0.3, -0.25) is 9.59 Å². The van der Waals surface area contributed by atoms with E-state index in [1.807, 2.05) is 0 Å². The van der Waals surface area contributed by atoms with Crippen LogP contribution in [0, 0.1) is 5.82 Å². The van der Waals surface area contributed by atoms with Gasteiger partial charge in [-0.2, -0.15) is 0 Å². The molecule has 1 rings (SSSR count). The van der Waals surface area contributed by atoms with Crippen molar-refractivity contribution in [1.29, 1.82) is 0 Å². The van der Waals surface area contributed by atoms with Gasteiger partial charge in [0.05, 0.1) is 13.7 Å². The zero-order valence-electron chi connectivity index (χ0n) is 10.8. The van der Waals surface area contributed by atoms with Gasteiger partial charge in [0.1, 0.15) is 6.04 Å². The average molecular weight is 269 g/mol. The van der Waals surface area contributed by atoms with Gasteiger partial charge < -0.3 is 15.2 Å². The van der Waals surface area contributed by atoms with E-state index >= 15 is 0 Å². The third kappa shape index (κ3) is 4.03. The molecule has 19 heavy (non-hydrogen) atoms. The molecule has 2 N–H and O–H groups in total. The third-order valence-corrected chi connectivity index (χ3v) is 2.47. The minimum absolute atomic E-state index is 0.0474. The highest BCUT2D eigenvalue weighted by Gasteiger charge is 2.20. The smallest absolute Gasteiger partial charge is 0.323 e. The van der Waals surface area contributed by atoms with Crippen molar-refractivity contribution in [2.24, 2.45) is 5.73 Å². The zero-order chi connectivity index (χ0) is 14.4. The Bertz CT molecular complexity index is 476. The number of Topliss-reactive ketones (excluding diaryl/α,β-unsaturated/α-hetero) is 1. The maximum absolute atomic E-state index is 13.4. The molecule has 0 amide bonds. The minimum Gasteiger partial charge on any atom is -0.494 e. The van der Waals surface area contributed by atoms with Crippen LogP contribution in [0.25, 0.3) is 0 Å². The highest BCUT2D eigenvalue weighted by Crippen LogP contribution is 2.18. The molecule has 104 valence electrons. The van der Waals surface area contributed by atoms with Gasteiger partial charge in [0.15, 0.2) is 17.3 Å². The summed E-state index contributed by atoms with van der Waals surface area (Å²) in [4.78, 5) is 23.1. The first-order valence-electron chi connectivity index (χ1n) is 5.78. The predicted octanol–water partition coefficient (Wildman–Crippen LogP) is 1.30. The lowest BCUT2D eigenvalue weighted by Gasteiger charge is -2.10. The second-order valence-electron chi connectivity index (χ2n) is 3.84. The number of nitrogens with two attached hydrogens (primary N) is 1. The van der Waals surface area contributed by atoms with Gasteiger partial charge in [0.25, 0.3) is 0 Å². The van der Waals surface area contributed by atoms with E-state index in [-0.39, 0.29) is 24.3 Å². The lowest BCUT2D eigenvalue weighted by atomic mass is 10.0. The first-order valence-corrected chi connectivity index (χ1v) is 5.78. The number of esters is 1. The summed E-state index contributed by atoms with van der Waals surface area (Å²) in [5, 5.41) is 0. The molecule has 0 heterocycles. The molecule has 0 aliphatic rings. The lowest BCUT2D eigenvalue weighted by molar-refractivity contribution is -0.144. The summed E-state index contributed by atoms with van der Waals surface area (Å²) in [6, 6.07) is 2.78. The Hall–Kier alpha value is -1.95. The molecule has 0 bridgehead atoms. The number of hydrogen-bond acceptors (Lipinski definition) is 5. The van der Waals surface area contributed by atoms with E-state index in [1.165, 1.54) is 19.2 Å². The summed E-state index contributed by atoms with van der Waals surface area (Å²) in [7, 11) is 1.33. The molecule has 1 atom stereocenters. The van der Waals surface area contributed by atoms with Gasteiger partial charge in [0.2, 0.25) is 0 Å². The number of ketones is 1. The van der Waals surface area contributed by atoms with Gasteiger partial charge in [-0.1, -0.05) is 0 Å². The Balaban J connectivity index is 2.73. The molecule has 0 saturated carbocycles. The summed E-state index contributed by atoms with van der Waals surface area (Å²) in [6.07, 6.45) is -0.232. The van der Waals surface area contributed by atoms with Crippen molar-refractivity contribution < 1.29 is 23.5 Å². The van der Waals surface area contributed by atoms with E-state index in [1.54, 1.807) is 6.92 Å². The fourth-order valence-corrected chi connectivity index (χ4v) is 1.49. The molecule has 1 aromatic rings. The van der Waals surface area contributed by atoms with Gasteiger partial charge in [-0.15, -0.1) is 0 Å². The Morgan fingerprint density at radius 2 is 2.11 bits per heavy atom. The third-order valence-electron chi connectivity index (χ3n) is 2.47. The molecule has 1 unspecified atom stereocenters. The quantitative estimate of drug-likeness (QED) is 0.622. The van der Waals surface area contributed by atoms with Crippen molar-refractivity contribution >= 4 is 11.8 Å². The molecule has 0 aliphatic carbocycles. The minimum atomic E-state index is -1.04. The van der Waals surface area contributed by atoms with Crippen LogP contribution in [0.4, 0.5) is 4.39 Å². The molecule has 0 saturated heterocycles. The van der Waals surface area contributed by atoms with Gasteiger partial charge in [-0.05, 0) is 25.1 Å². The molecular formula is C13H16FNO4. The molecule has 0 spiro atoms. The Labute approximate surface area is 110 Å². The Kier molecular flexibility index (Phi) is 5.44. The van der Waals surface area contributed by atoms with E-state index < -0.39 is 23.6 Å². The summed E-state index contributed by atoms with van der Waals surface area (Å²) in [5.41, 5.74) is 5.66. The Morgan fingerprint density at radius 1 is 1.42 bits per heavy atom. The van der Waals surface area contributed by atoms with E-state index in [0.29, 0.717) is 0 Å². The van der Waals surface area contributed by atoms with Crippen molar-refractivity contribution in [3.8, 4) is 5.75 Å². The van der Waals surface area contributed by atoms with Crippen LogP contribution in [0.3, 0.4) is 0 Å². The number of halogens is 1. The molecule has 0 aromatic heterocycles. The molecular weight excluding hydrogens is 253 g/mol. The van der Waals surface area contributed by atoms with E-state index in [4.69, 9.17) is 15.2 Å². The SMILES string of the molecule is CCOC(=O)C(N)CC(=O)c1ccc(OC)c(F)c1. The first-order chi connectivity index (χ1) is 8.99. The number of methoxy groups -OCH3 is 1. The number of benzene rings is 1. The molecule has 0 fully saturated rings. The van der Waals surface area contributed by atoms with Crippen molar-refractivity contribution in [3.05, 3.63) is 29.6 Å². The van der Waals surface area contributed by atoms with Crippen LogP contribution in [0.5, 0.6) is 5.75 Å². The van der Waals surface area contributed by atoms with Crippen LogP contribution >= 0.6 is 0 Å². The van der Waals surface area contributed by atoms with Gasteiger partial charge >= 0.3 is 5.97 Å². The summed E-state index contributed by atoms with van der Waals surface area (Å²) < 4.78 is 22.9. The summed E-state index contributed by atoms with van der Waals surface area (Å²) in [5.74, 6) is -1.67. The van der Waals surface area contributed by atoms with Gasteiger partial charge in [-0.25, -0.2) is 4.39 Å². The van der Waals surface area contributed by atoms with Crippen LogP contribution < -0.4 is 10.5 Å². The molecule has 1 aromatic carbocycles. The van der Waals surface area contributed by atoms with Crippen LogP contribution in [-0.2, 0) is 9.53 Å². The van der Waals surface area contributed by atoms with Crippen molar-refractivity contribution in [2.75, 3.05) is 13.7 Å². The largest absolute Gasteiger partial charge is 0.494 e. The highest BCUT2D eigenvalue weighted by molar-refractivity contribution is 5.98. The van der Waals surface area contributed by atoms with Crippen molar-refractivity contribution in [1.82, 2.24) is 0 Å². The normalized spacial score (nSPS) is 11.8. The monoisotopic (exact) mass is 269 g/mol. The highest BCUT2D eigenvalue weighted by atomic mass is 19.1. The fourth-order valence-electron chi connectivity index (χ4n) is 1.49. The maximum Gasteiger partial charge on any atom is 0.323 e. The molecule has 0 radical (unpaired) electrons. The van der Waals surface area contributed by atoms with Crippen molar-refractivity contribution in [2.45, 2.75) is 19.4 Å². The van der Waals surface area contributed by atoms with Crippen LogP contribution in [0.2, 0.25) is 0 Å². The second kappa shape index (κ2) is 6.84. The molecule has 0 aliphatic heterocycles. The predicted molar refractivity (Wildman–Crippen MR) is 66.5 cm³/mol. The van der Waals surface area contributed by atoms with Crippen LogP contribution in [-0.4, -0.2) is 31.5 Å². The van der Waals surface area contributed by atoms with Crippen molar-refractivity contribution in [3.63, 3.8) is 0 Å². The van der Waals surface area contributed by atoms with E-state index in [0.717, 1.165) is 6.07 Å².